The molecule has 0 fully saturated rings. The number of hydrogen-bond acceptors (Lipinski definition) is 2. The Bertz CT molecular complexity index is 490. The highest BCUT2D eigenvalue weighted by atomic mass is 15.3. The third-order valence-corrected chi connectivity index (χ3v) is 3.54. The zero-order valence-electron chi connectivity index (χ0n) is 12.5. The lowest BCUT2D eigenvalue weighted by Crippen LogP contribution is -2.25. The van der Waals surface area contributed by atoms with Gasteiger partial charge in [-0.1, -0.05) is 50.1 Å². The molecule has 0 aliphatic carbocycles. The van der Waals surface area contributed by atoms with Crippen molar-refractivity contribution in [3.05, 3.63) is 53.9 Å². The van der Waals surface area contributed by atoms with Gasteiger partial charge < -0.3 is 5.32 Å². The molecule has 0 saturated heterocycles. The van der Waals surface area contributed by atoms with Gasteiger partial charge in [-0.15, -0.1) is 0 Å². The van der Waals surface area contributed by atoms with E-state index in [1.54, 1.807) is 0 Å². The van der Waals surface area contributed by atoms with Gasteiger partial charge in [0.1, 0.15) is 0 Å². The number of nitrogens with zero attached hydrogens (tertiary/aromatic N) is 2. The lowest BCUT2D eigenvalue weighted by atomic mass is 10.0. The molecule has 0 bridgehead atoms. The van der Waals surface area contributed by atoms with Crippen LogP contribution >= 0.6 is 0 Å². The fourth-order valence-electron chi connectivity index (χ4n) is 2.42. The number of hydrogen-bond donors (Lipinski definition) is 1. The number of unbranched alkanes of at least 4 members (excludes halogenated alkanes) is 1. The van der Waals surface area contributed by atoms with Crippen molar-refractivity contribution in [1.29, 1.82) is 0 Å². The first-order valence-electron chi connectivity index (χ1n) is 7.57. The fraction of sp³-hybridized carbons (Fsp3) is 0.471. The Morgan fingerprint density at radius 2 is 2.05 bits per heavy atom. The van der Waals surface area contributed by atoms with E-state index < -0.39 is 0 Å². The molecule has 1 heterocycles. The van der Waals surface area contributed by atoms with Crippen molar-refractivity contribution in [2.75, 3.05) is 6.54 Å². The molecule has 20 heavy (non-hydrogen) atoms. The third-order valence-electron chi connectivity index (χ3n) is 3.54. The van der Waals surface area contributed by atoms with Crippen molar-refractivity contribution in [2.45, 2.75) is 45.7 Å². The number of rotatable bonds is 8. The molecule has 0 aliphatic rings. The van der Waals surface area contributed by atoms with Crippen LogP contribution in [0.4, 0.5) is 0 Å². The van der Waals surface area contributed by atoms with Crippen LogP contribution in [0.1, 0.15) is 43.4 Å². The SMILES string of the molecule is CCCCC(NCCn1cc(C)cn1)c1ccccc1. The first kappa shape index (κ1) is 14.8. The van der Waals surface area contributed by atoms with Gasteiger partial charge in [0.05, 0.1) is 12.7 Å². The smallest absolute Gasteiger partial charge is 0.0534 e. The Balaban J connectivity index is 1.87. The van der Waals surface area contributed by atoms with Crippen LogP contribution in [0.3, 0.4) is 0 Å². The van der Waals surface area contributed by atoms with Crippen LogP contribution in [0.15, 0.2) is 42.7 Å². The number of aromatic nitrogens is 2. The Morgan fingerprint density at radius 1 is 1.25 bits per heavy atom. The molecular formula is C17H25N3. The molecule has 2 aromatic rings. The zero-order chi connectivity index (χ0) is 14.2. The van der Waals surface area contributed by atoms with Crippen molar-refractivity contribution in [2.24, 2.45) is 0 Å². The van der Waals surface area contributed by atoms with Gasteiger partial charge in [0.25, 0.3) is 0 Å². The summed E-state index contributed by atoms with van der Waals surface area (Å²) in [5.74, 6) is 0. The summed E-state index contributed by atoms with van der Waals surface area (Å²) in [6, 6.07) is 11.2. The largest absolute Gasteiger partial charge is 0.308 e. The molecule has 0 aliphatic heterocycles. The summed E-state index contributed by atoms with van der Waals surface area (Å²) < 4.78 is 2.00. The minimum atomic E-state index is 0.452. The molecule has 0 spiro atoms. The number of aryl methyl sites for hydroxylation is 1. The second-order valence-corrected chi connectivity index (χ2v) is 5.34. The van der Waals surface area contributed by atoms with Crippen LogP contribution < -0.4 is 5.32 Å². The lowest BCUT2D eigenvalue weighted by molar-refractivity contribution is 0.453. The maximum Gasteiger partial charge on any atom is 0.0534 e. The third kappa shape index (κ3) is 4.49. The summed E-state index contributed by atoms with van der Waals surface area (Å²) in [5, 5.41) is 7.99. The maximum atomic E-state index is 4.32. The first-order valence-corrected chi connectivity index (χ1v) is 7.57. The van der Waals surface area contributed by atoms with Gasteiger partial charge >= 0.3 is 0 Å². The molecule has 0 saturated carbocycles. The van der Waals surface area contributed by atoms with Crippen LogP contribution in [0.2, 0.25) is 0 Å². The van der Waals surface area contributed by atoms with Gasteiger partial charge in [0.2, 0.25) is 0 Å². The van der Waals surface area contributed by atoms with E-state index in [0.717, 1.165) is 13.1 Å². The van der Waals surface area contributed by atoms with Crippen LogP contribution in [0, 0.1) is 6.92 Å². The van der Waals surface area contributed by atoms with Gasteiger partial charge in [0, 0.05) is 18.8 Å². The van der Waals surface area contributed by atoms with E-state index in [4.69, 9.17) is 0 Å². The van der Waals surface area contributed by atoms with Gasteiger partial charge in [-0.2, -0.15) is 5.10 Å². The average molecular weight is 271 g/mol. The fourth-order valence-corrected chi connectivity index (χ4v) is 2.42. The van der Waals surface area contributed by atoms with Gasteiger partial charge in [0.15, 0.2) is 0 Å². The maximum absolute atomic E-state index is 4.32. The molecule has 0 radical (unpaired) electrons. The molecule has 1 aromatic carbocycles. The molecular weight excluding hydrogens is 246 g/mol. The Labute approximate surface area is 122 Å². The number of nitrogens with one attached hydrogen (secondary N) is 1. The van der Waals surface area contributed by atoms with E-state index in [0.29, 0.717) is 6.04 Å². The predicted octanol–water partition coefficient (Wildman–Crippen LogP) is 3.71. The van der Waals surface area contributed by atoms with Gasteiger partial charge in [-0.05, 0) is 24.5 Å². The van der Waals surface area contributed by atoms with E-state index in [-0.39, 0.29) is 0 Å². The summed E-state index contributed by atoms with van der Waals surface area (Å²) in [6.07, 6.45) is 7.69. The second-order valence-electron chi connectivity index (χ2n) is 5.34. The van der Waals surface area contributed by atoms with Crippen molar-refractivity contribution in [1.82, 2.24) is 15.1 Å². The van der Waals surface area contributed by atoms with Crippen molar-refractivity contribution < 1.29 is 0 Å². The summed E-state index contributed by atoms with van der Waals surface area (Å²) in [4.78, 5) is 0. The molecule has 1 unspecified atom stereocenters. The molecule has 3 heteroatoms. The quantitative estimate of drug-likeness (QED) is 0.793. The van der Waals surface area contributed by atoms with E-state index in [1.165, 1.54) is 30.4 Å². The zero-order valence-corrected chi connectivity index (χ0v) is 12.5. The van der Waals surface area contributed by atoms with Crippen molar-refractivity contribution in [3.63, 3.8) is 0 Å². The Morgan fingerprint density at radius 3 is 2.70 bits per heavy atom. The topological polar surface area (TPSA) is 29.9 Å². The van der Waals surface area contributed by atoms with E-state index >= 15 is 0 Å². The second kappa shape index (κ2) is 7.85. The molecule has 1 atom stereocenters. The van der Waals surface area contributed by atoms with Crippen molar-refractivity contribution in [3.8, 4) is 0 Å². The highest BCUT2D eigenvalue weighted by molar-refractivity contribution is 5.18. The van der Waals surface area contributed by atoms with Crippen LogP contribution in [-0.4, -0.2) is 16.3 Å². The summed E-state index contributed by atoms with van der Waals surface area (Å²) >= 11 is 0. The normalized spacial score (nSPS) is 12.5. The van der Waals surface area contributed by atoms with E-state index in [9.17, 15) is 0 Å². The van der Waals surface area contributed by atoms with Gasteiger partial charge in [-0.3, -0.25) is 4.68 Å². The molecule has 1 aromatic heterocycles. The van der Waals surface area contributed by atoms with Crippen LogP contribution in [0.25, 0.3) is 0 Å². The Hall–Kier alpha value is -1.61. The summed E-state index contributed by atoms with van der Waals surface area (Å²) in [6.45, 7) is 6.19. The van der Waals surface area contributed by atoms with Crippen LogP contribution in [0.5, 0.6) is 0 Å². The van der Waals surface area contributed by atoms with E-state index in [2.05, 4.69) is 60.8 Å². The molecule has 0 amide bonds. The Kier molecular flexibility index (Phi) is 5.81. The highest BCUT2D eigenvalue weighted by Crippen LogP contribution is 2.18. The monoisotopic (exact) mass is 271 g/mol. The number of benzene rings is 1. The lowest BCUT2D eigenvalue weighted by Gasteiger charge is -2.19. The van der Waals surface area contributed by atoms with Crippen LogP contribution in [-0.2, 0) is 6.54 Å². The first-order chi connectivity index (χ1) is 9.79. The summed E-state index contributed by atoms with van der Waals surface area (Å²) in [5.41, 5.74) is 2.60. The molecule has 2 rings (SSSR count). The van der Waals surface area contributed by atoms with Gasteiger partial charge in [-0.25, -0.2) is 0 Å². The predicted molar refractivity (Wildman–Crippen MR) is 83.7 cm³/mol. The highest BCUT2D eigenvalue weighted by Gasteiger charge is 2.09. The van der Waals surface area contributed by atoms with E-state index in [1.807, 2.05) is 10.9 Å². The standard InChI is InChI=1S/C17H25N3/c1-3-4-10-17(16-8-6-5-7-9-16)18-11-12-20-14-15(2)13-19-20/h5-9,13-14,17-18H,3-4,10-12H2,1-2H3. The molecule has 108 valence electrons. The molecule has 3 nitrogen and oxygen atoms in total. The molecule has 1 N–H and O–H groups in total. The minimum Gasteiger partial charge on any atom is -0.308 e. The summed E-state index contributed by atoms with van der Waals surface area (Å²) in [7, 11) is 0. The minimum absolute atomic E-state index is 0.452. The van der Waals surface area contributed by atoms with Crippen molar-refractivity contribution >= 4 is 0 Å². The average Bonchev–Trinajstić information content (AvgIpc) is 2.89.